The summed E-state index contributed by atoms with van der Waals surface area (Å²) in [6, 6.07) is 4.52. The number of hydrogen-bond acceptors (Lipinski definition) is 2. The van der Waals surface area contributed by atoms with Gasteiger partial charge < -0.3 is 15.4 Å². The molecule has 0 bridgehead atoms. The van der Waals surface area contributed by atoms with Gasteiger partial charge in [-0.2, -0.15) is 0 Å². The van der Waals surface area contributed by atoms with Crippen molar-refractivity contribution in [1.82, 2.24) is 4.57 Å². The second kappa shape index (κ2) is 3.64. The summed E-state index contributed by atoms with van der Waals surface area (Å²) in [6.07, 6.45) is 1.04. The quantitative estimate of drug-likeness (QED) is 0.781. The number of aryl methyl sites for hydroxylation is 1. The molecule has 0 aliphatic rings. The first-order valence-corrected chi connectivity index (χ1v) is 4.76. The third-order valence-electron chi connectivity index (χ3n) is 2.56. The molecule has 3 nitrogen and oxygen atoms in total. The van der Waals surface area contributed by atoms with Crippen LogP contribution in [0.15, 0.2) is 24.4 Å². The number of aliphatic hydroxyl groups excluding tert-OH is 1. The summed E-state index contributed by atoms with van der Waals surface area (Å²) < 4.78 is 14.9. The number of rotatable bonds is 2. The Balaban J connectivity index is 2.69. The highest BCUT2D eigenvalue weighted by molar-refractivity contribution is 5.84. The third-order valence-corrected chi connectivity index (χ3v) is 2.56. The zero-order valence-corrected chi connectivity index (χ0v) is 8.44. The van der Waals surface area contributed by atoms with E-state index in [1.807, 2.05) is 11.6 Å². The molecule has 1 unspecified atom stereocenters. The maximum atomic E-state index is 13.1. The van der Waals surface area contributed by atoms with Gasteiger partial charge in [-0.15, -0.1) is 0 Å². The lowest BCUT2D eigenvalue weighted by molar-refractivity contribution is 0.188. The second-order valence-electron chi connectivity index (χ2n) is 3.61. The Kier molecular flexibility index (Phi) is 2.46. The van der Waals surface area contributed by atoms with Crippen molar-refractivity contribution in [3.05, 3.63) is 35.8 Å². The summed E-state index contributed by atoms with van der Waals surface area (Å²) in [5.74, 6) is -0.306. The average molecular weight is 208 g/mol. The van der Waals surface area contributed by atoms with Crippen LogP contribution in [0, 0.1) is 5.82 Å². The fourth-order valence-corrected chi connectivity index (χ4v) is 1.79. The fraction of sp³-hybridized carbons (Fsp3) is 0.273. The van der Waals surface area contributed by atoms with E-state index >= 15 is 0 Å². The smallest absolute Gasteiger partial charge is 0.123 e. The SMILES string of the molecule is Cn1cc(C(O)CN)c2cc(F)ccc21. The summed E-state index contributed by atoms with van der Waals surface area (Å²) in [4.78, 5) is 0. The molecule has 0 saturated carbocycles. The molecule has 15 heavy (non-hydrogen) atoms. The van der Waals surface area contributed by atoms with Crippen LogP contribution in [0.3, 0.4) is 0 Å². The van der Waals surface area contributed by atoms with E-state index in [-0.39, 0.29) is 12.4 Å². The Labute approximate surface area is 86.9 Å². The van der Waals surface area contributed by atoms with Crippen molar-refractivity contribution >= 4 is 10.9 Å². The molecule has 2 rings (SSSR count). The van der Waals surface area contributed by atoms with Crippen molar-refractivity contribution in [2.24, 2.45) is 12.8 Å². The Morgan fingerprint density at radius 3 is 2.93 bits per heavy atom. The van der Waals surface area contributed by atoms with Crippen molar-refractivity contribution in [3.8, 4) is 0 Å². The van der Waals surface area contributed by atoms with Gasteiger partial charge in [0, 0.05) is 36.3 Å². The monoisotopic (exact) mass is 208 g/mol. The van der Waals surface area contributed by atoms with Gasteiger partial charge in [-0.1, -0.05) is 0 Å². The molecule has 0 radical (unpaired) electrons. The van der Waals surface area contributed by atoms with Gasteiger partial charge >= 0.3 is 0 Å². The van der Waals surface area contributed by atoms with Gasteiger partial charge in [0.05, 0.1) is 6.10 Å². The molecule has 0 aliphatic carbocycles. The lowest BCUT2D eigenvalue weighted by Gasteiger charge is -2.05. The highest BCUT2D eigenvalue weighted by Crippen LogP contribution is 2.26. The van der Waals surface area contributed by atoms with Crippen molar-refractivity contribution < 1.29 is 9.50 Å². The molecule has 1 atom stereocenters. The standard InChI is InChI=1S/C11H13FN2O/c1-14-6-9(11(15)5-13)8-4-7(12)2-3-10(8)14/h2-4,6,11,15H,5,13H2,1H3. The van der Waals surface area contributed by atoms with Crippen LogP contribution in [-0.2, 0) is 7.05 Å². The van der Waals surface area contributed by atoms with Gasteiger partial charge in [0.1, 0.15) is 5.82 Å². The Bertz CT molecular complexity index is 493. The normalized spacial score (nSPS) is 13.3. The van der Waals surface area contributed by atoms with Gasteiger partial charge in [0.25, 0.3) is 0 Å². The van der Waals surface area contributed by atoms with Crippen molar-refractivity contribution in [2.75, 3.05) is 6.54 Å². The fourth-order valence-electron chi connectivity index (χ4n) is 1.79. The number of halogens is 1. The Morgan fingerprint density at radius 1 is 1.53 bits per heavy atom. The van der Waals surface area contributed by atoms with Gasteiger partial charge in [-0.3, -0.25) is 0 Å². The summed E-state index contributed by atoms with van der Waals surface area (Å²) in [5, 5.41) is 10.4. The lowest BCUT2D eigenvalue weighted by Crippen LogP contribution is -2.11. The minimum absolute atomic E-state index is 0.135. The van der Waals surface area contributed by atoms with Gasteiger partial charge in [-0.05, 0) is 18.2 Å². The van der Waals surface area contributed by atoms with Crippen LogP contribution >= 0.6 is 0 Å². The number of aromatic nitrogens is 1. The van der Waals surface area contributed by atoms with E-state index in [0.29, 0.717) is 5.56 Å². The number of benzene rings is 1. The largest absolute Gasteiger partial charge is 0.387 e. The van der Waals surface area contributed by atoms with Crippen LogP contribution < -0.4 is 5.73 Å². The molecular weight excluding hydrogens is 195 g/mol. The second-order valence-corrected chi connectivity index (χ2v) is 3.61. The minimum Gasteiger partial charge on any atom is -0.387 e. The summed E-state index contributed by atoms with van der Waals surface area (Å²) >= 11 is 0. The van der Waals surface area contributed by atoms with E-state index < -0.39 is 6.10 Å². The average Bonchev–Trinajstić information content (AvgIpc) is 2.54. The summed E-state index contributed by atoms with van der Waals surface area (Å²) in [7, 11) is 1.85. The van der Waals surface area contributed by atoms with E-state index in [2.05, 4.69) is 0 Å². The minimum atomic E-state index is -0.740. The number of nitrogens with two attached hydrogens (primary N) is 1. The maximum absolute atomic E-state index is 13.1. The molecule has 1 aromatic carbocycles. The van der Waals surface area contributed by atoms with Gasteiger partial charge in [-0.25, -0.2) is 4.39 Å². The van der Waals surface area contributed by atoms with Crippen LogP contribution in [0.2, 0.25) is 0 Å². The highest BCUT2D eigenvalue weighted by atomic mass is 19.1. The van der Waals surface area contributed by atoms with Crippen LogP contribution in [-0.4, -0.2) is 16.2 Å². The van der Waals surface area contributed by atoms with Crippen LogP contribution in [0.4, 0.5) is 4.39 Å². The number of hydrogen-bond donors (Lipinski definition) is 2. The molecule has 0 amide bonds. The van der Waals surface area contributed by atoms with Crippen LogP contribution in [0.25, 0.3) is 10.9 Å². The zero-order valence-electron chi connectivity index (χ0n) is 8.44. The van der Waals surface area contributed by atoms with Crippen molar-refractivity contribution in [1.29, 1.82) is 0 Å². The molecule has 1 aromatic heterocycles. The van der Waals surface area contributed by atoms with E-state index in [1.54, 1.807) is 12.3 Å². The van der Waals surface area contributed by atoms with Crippen LogP contribution in [0.5, 0.6) is 0 Å². The molecule has 2 aromatic rings. The summed E-state index contributed by atoms with van der Waals surface area (Å²) in [6.45, 7) is 0.135. The van der Waals surface area contributed by atoms with E-state index in [1.165, 1.54) is 12.1 Å². The predicted molar refractivity (Wildman–Crippen MR) is 56.9 cm³/mol. The first-order valence-electron chi connectivity index (χ1n) is 4.76. The lowest BCUT2D eigenvalue weighted by atomic mass is 10.1. The van der Waals surface area contributed by atoms with Crippen molar-refractivity contribution in [2.45, 2.75) is 6.10 Å². The molecule has 80 valence electrons. The van der Waals surface area contributed by atoms with E-state index in [9.17, 15) is 9.50 Å². The third kappa shape index (κ3) is 1.62. The molecule has 0 saturated heterocycles. The maximum Gasteiger partial charge on any atom is 0.123 e. The molecule has 0 spiro atoms. The molecule has 0 aliphatic heterocycles. The highest BCUT2D eigenvalue weighted by Gasteiger charge is 2.13. The number of fused-ring (bicyclic) bond motifs is 1. The molecule has 4 heteroatoms. The molecule has 0 fully saturated rings. The zero-order chi connectivity index (χ0) is 11.0. The molecular formula is C11H13FN2O. The predicted octanol–water partition coefficient (Wildman–Crippen LogP) is 1.31. The van der Waals surface area contributed by atoms with E-state index in [4.69, 9.17) is 5.73 Å². The first kappa shape index (κ1) is 10.1. The van der Waals surface area contributed by atoms with Crippen molar-refractivity contribution in [3.63, 3.8) is 0 Å². The molecule has 3 N–H and O–H groups in total. The topological polar surface area (TPSA) is 51.2 Å². The summed E-state index contributed by atoms with van der Waals surface area (Å²) in [5.41, 5.74) is 6.95. The first-order chi connectivity index (χ1) is 7.13. The number of aliphatic hydroxyl groups is 1. The Morgan fingerprint density at radius 2 is 2.27 bits per heavy atom. The van der Waals surface area contributed by atoms with Crippen LogP contribution in [0.1, 0.15) is 11.7 Å². The molecule has 1 heterocycles. The number of nitrogens with zero attached hydrogens (tertiary/aromatic N) is 1. The van der Waals surface area contributed by atoms with Gasteiger partial charge in [0.15, 0.2) is 0 Å². The van der Waals surface area contributed by atoms with E-state index in [0.717, 1.165) is 10.9 Å². The Hall–Kier alpha value is -1.39. The van der Waals surface area contributed by atoms with Gasteiger partial charge in [0.2, 0.25) is 0 Å².